The van der Waals surface area contributed by atoms with E-state index in [1.165, 1.54) is 0 Å². The zero-order valence-electron chi connectivity index (χ0n) is 9.71. The highest BCUT2D eigenvalue weighted by Crippen LogP contribution is 2.12. The van der Waals surface area contributed by atoms with Crippen LogP contribution in [-0.4, -0.2) is 24.1 Å². The largest absolute Gasteiger partial charge is 0.363 e. The van der Waals surface area contributed by atoms with Gasteiger partial charge in [0.1, 0.15) is 10.4 Å². The molecule has 0 unspecified atom stereocenters. The van der Waals surface area contributed by atoms with E-state index >= 15 is 0 Å². The van der Waals surface area contributed by atoms with Crippen LogP contribution in [0.3, 0.4) is 0 Å². The van der Waals surface area contributed by atoms with Gasteiger partial charge in [-0.15, -0.1) is 0 Å². The van der Waals surface area contributed by atoms with Crippen molar-refractivity contribution in [3.63, 3.8) is 0 Å². The van der Waals surface area contributed by atoms with Crippen molar-refractivity contribution in [1.29, 1.82) is 0 Å². The molecule has 0 atom stereocenters. The average molecular weight is 307 g/mol. The molecule has 0 aliphatic carbocycles. The second-order valence-corrected chi connectivity index (χ2v) is 4.73. The maximum absolute atomic E-state index is 4.29. The summed E-state index contributed by atoms with van der Waals surface area (Å²) in [5.41, 5.74) is 1.88. The second-order valence-electron chi connectivity index (χ2n) is 3.92. The van der Waals surface area contributed by atoms with Crippen molar-refractivity contribution < 1.29 is 0 Å². The lowest BCUT2D eigenvalue weighted by Crippen LogP contribution is -2.03. The lowest BCUT2D eigenvalue weighted by atomic mass is 10.4. The van der Waals surface area contributed by atoms with Crippen molar-refractivity contribution >= 4 is 27.4 Å². The number of hydrogen-bond donors (Lipinski definition) is 1. The standard InChI is InChI=1S/C11H11BrN6/c1-17-3-2-10(16-17)14-4-8-5-15-11-6-13-9(12)7-18(8)11/h2-3,5-7H,4H2,1H3,(H,14,16). The third-order valence-electron chi connectivity index (χ3n) is 2.61. The van der Waals surface area contributed by atoms with Crippen LogP contribution in [0.4, 0.5) is 5.82 Å². The molecule has 0 fully saturated rings. The summed E-state index contributed by atoms with van der Waals surface area (Å²) < 4.78 is 4.54. The molecular formula is C11H11BrN6. The van der Waals surface area contributed by atoms with Crippen molar-refractivity contribution in [2.24, 2.45) is 7.05 Å². The van der Waals surface area contributed by atoms with Crippen molar-refractivity contribution in [2.45, 2.75) is 6.54 Å². The Hall–Kier alpha value is -1.89. The number of nitrogens with one attached hydrogen (secondary N) is 1. The summed E-state index contributed by atoms with van der Waals surface area (Å²) in [4.78, 5) is 8.43. The number of halogens is 1. The molecule has 0 bridgehead atoms. The molecule has 92 valence electrons. The van der Waals surface area contributed by atoms with Crippen LogP contribution in [0.2, 0.25) is 0 Å². The highest BCUT2D eigenvalue weighted by atomic mass is 79.9. The molecule has 0 saturated carbocycles. The number of nitrogens with zero attached hydrogens (tertiary/aromatic N) is 5. The van der Waals surface area contributed by atoms with E-state index in [1.807, 2.05) is 36.1 Å². The molecule has 0 saturated heterocycles. The molecule has 3 heterocycles. The van der Waals surface area contributed by atoms with Crippen LogP contribution in [0.1, 0.15) is 5.69 Å². The maximum Gasteiger partial charge on any atom is 0.155 e. The second kappa shape index (κ2) is 4.41. The monoisotopic (exact) mass is 306 g/mol. The van der Waals surface area contributed by atoms with Crippen molar-refractivity contribution in [3.05, 3.63) is 41.2 Å². The van der Waals surface area contributed by atoms with E-state index in [0.717, 1.165) is 21.8 Å². The third-order valence-corrected chi connectivity index (χ3v) is 3.01. The van der Waals surface area contributed by atoms with Crippen LogP contribution in [0.5, 0.6) is 0 Å². The van der Waals surface area contributed by atoms with Crippen LogP contribution in [-0.2, 0) is 13.6 Å². The summed E-state index contributed by atoms with van der Waals surface area (Å²) in [5.74, 6) is 0.848. The smallest absolute Gasteiger partial charge is 0.155 e. The van der Waals surface area contributed by atoms with E-state index in [9.17, 15) is 0 Å². The first kappa shape index (κ1) is 11.2. The van der Waals surface area contributed by atoms with Gasteiger partial charge in [-0.25, -0.2) is 9.97 Å². The quantitative estimate of drug-likeness (QED) is 0.802. The van der Waals surface area contributed by atoms with E-state index in [2.05, 4.69) is 36.3 Å². The first-order valence-corrected chi connectivity index (χ1v) is 6.23. The number of fused-ring (bicyclic) bond motifs is 1. The number of anilines is 1. The van der Waals surface area contributed by atoms with Gasteiger partial charge in [0.05, 0.1) is 24.6 Å². The molecule has 0 aliphatic rings. The van der Waals surface area contributed by atoms with Gasteiger partial charge in [0, 0.05) is 25.5 Å². The van der Waals surface area contributed by atoms with Gasteiger partial charge < -0.3 is 5.32 Å². The highest BCUT2D eigenvalue weighted by molar-refractivity contribution is 9.10. The molecule has 0 radical (unpaired) electrons. The number of aryl methyl sites for hydroxylation is 1. The highest BCUT2D eigenvalue weighted by Gasteiger charge is 2.04. The van der Waals surface area contributed by atoms with Crippen LogP contribution in [0.25, 0.3) is 5.65 Å². The molecule has 0 spiro atoms. The maximum atomic E-state index is 4.29. The average Bonchev–Trinajstić information content (AvgIpc) is 2.93. The first-order chi connectivity index (χ1) is 8.72. The molecule has 3 rings (SSSR count). The van der Waals surface area contributed by atoms with E-state index in [0.29, 0.717) is 6.54 Å². The molecule has 7 heteroatoms. The molecule has 18 heavy (non-hydrogen) atoms. The van der Waals surface area contributed by atoms with Crippen LogP contribution < -0.4 is 5.32 Å². The lowest BCUT2D eigenvalue weighted by Gasteiger charge is -2.03. The summed E-state index contributed by atoms with van der Waals surface area (Å²) in [7, 11) is 1.89. The Morgan fingerprint density at radius 1 is 1.33 bits per heavy atom. The Morgan fingerprint density at radius 3 is 3.00 bits per heavy atom. The summed E-state index contributed by atoms with van der Waals surface area (Å²) in [6.07, 6.45) is 7.36. The van der Waals surface area contributed by atoms with E-state index in [1.54, 1.807) is 10.9 Å². The fourth-order valence-electron chi connectivity index (χ4n) is 1.74. The SMILES string of the molecule is Cn1ccc(NCc2cnc3cnc(Br)cn23)n1. The fraction of sp³-hybridized carbons (Fsp3) is 0.182. The number of aromatic nitrogens is 5. The Labute approximate surface area is 112 Å². The molecular weight excluding hydrogens is 296 g/mol. The van der Waals surface area contributed by atoms with Gasteiger partial charge in [0.15, 0.2) is 5.65 Å². The topological polar surface area (TPSA) is 60.0 Å². The van der Waals surface area contributed by atoms with Crippen LogP contribution >= 0.6 is 15.9 Å². The first-order valence-electron chi connectivity index (χ1n) is 5.43. The molecule has 3 aromatic rings. The minimum absolute atomic E-state index is 0.661. The minimum Gasteiger partial charge on any atom is -0.363 e. The molecule has 1 N–H and O–H groups in total. The molecule has 3 aromatic heterocycles. The zero-order chi connectivity index (χ0) is 12.5. The third kappa shape index (κ3) is 2.08. The Balaban J connectivity index is 1.84. The Kier molecular flexibility index (Phi) is 2.75. The number of imidazole rings is 1. The predicted molar refractivity (Wildman–Crippen MR) is 71.2 cm³/mol. The predicted octanol–water partition coefficient (Wildman–Crippen LogP) is 1.84. The zero-order valence-corrected chi connectivity index (χ0v) is 11.3. The van der Waals surface area contributed by atoms with E-state index < -0.39 is 0 Å². The summed E-state index contributed by atoms with van der Waals surface area (Å²) in [6, 6.07) is 1.93. The number of rotatable bonds is 3. The molecule has 0 aliphatic heterocycles. The van der Waals surface area contributed by atoms with Gasteiger partial charge in [-0.3, -0.25) is 9.08 Å². The van der Waals surface area contributed by atoms with Crippen molar-refractivity contribution in [2.75, 3.05) is 5.32 Å². The van der Waals surface area contributed by atoms with Gasteiger partial charge in [-0.05, 0) is 15.9 Å². The molecule has 0 amide bonds. The Morgan fingerprint density at radius 2 is 2.22 bits per heavy atom. The summed E-state index contributed by atoms with van der Waals surface area (Å²) >= 11 is 3.35. The van der Waals surface area contributed by atoms with E-state index in [4.69, 9.17) is 0 Å². The van der Waals surface area contributed by atoms with Gasteiger partial charge in [0.25, 0.3) is 0 Å². The lowest BCUT2D eigenvalue weighted by molar-refractivity contribution is 0.767. The van der Waals surface area contributed by atoms with Gasteiger partial charge in [0.2, 0.25) is 0 Å². The van der Waals surface area contributed by atoms with Crippen molar-refractivity contribution in [1.82, 2.24) is 24.1 Å². The van der Waals surface area contributed by atoms with Gasteiger partial charge in [-0.1, -0.05) is 0 Å². The van der Waals surface area contributed by atoms with Crippen LogP contribution in [0.15, 0.2) is 35.5 Å². The normalized spacial score (nSPS) is 11.0. The fourth-order valence-corrected chi connectivity index (χ4v) is 2.04. The van der Waals surface area contributed by atoms with E-state index in [-0.39, 0.29) is 0 Å². The van der Waals surface area contributed by atoms with Crippen LogP contribution in [0, 0.1) is 0 Å². The minimum atomic E-state index is 0.661. The Bertz CT molecular complexity index is 686. The molecule has 0 aromatic carbocycles. The summed E-state index contributed by atoms with van der Waals surface area (Å²) in [5, 5.41) is 7.51. The van der Waals surface area contributed by atoms with Crippen molar-refractivity contribution in [3.8, 4) is 0 Å². The summed E-state index contributed by atoms with van der Waals surface area (Å²) in [6.45, 7) is 0.661. The van der Waals surface area contributed by atoms with Gasteiger partial charge in [-0.2, -0.15) is 5.10 Å². The molecule has 6 nitrogen and oxygen atoms in total. The number of hydrogen-bond acceptors (Lipinski definition) is 4. The van der Waals surface area contributed by atoms with Gasteiger partial charge >= 0.3 is 0 Å².